The molecule has 4 atom stereocenters. The molecule has 0 aromatic heterocycles. The van der Waals surface area contributed by atoms with Gasteiger partial charge in [0.15, 0.2) is 5.79 Å². The van der Waals surface area contributed by atoms with Crippen LogP contribution in [-0.4, -0.2) is 29.1 Å². The Balaban J connectivity index is 2.11. The summed E-state index contributed by atoms with van der Waals surface area (Å²) in [4.78, 5) is 11.4. The number of hydrogen-bond donors (Lipinski definition) is 1. The molecular formula is C10H16O4. The highest BCUT2D eigenvalue weighted by Crippen LogP contribution is 2.40. The Labute approximate surface area is 83.2 Å². The molecule has 2 aliphatic heterocycles. The molecule has 0 saturated carbocycles. The molecule has 14 heavy (non-hydrogen) atoms. The zero-order valence-electron chi connectivity index (χ0n) is 8.53. The molecule has 4 heteroatoms. The van der Waals surface area contributed by atoms with E-state index in [9.17, 15) is 9.90 Å². The number of carbonyl (C=O) groups is 1. The first-order valence-electron chi connectivity index (χ1n) is 5.12. The van der Waals surface area contributed by atoms with Crippen LogP contribution in [0, 0.1) is 5.92 Å². The lowest BCUT2D eigenvalue weighted by Gasteiger charge is -2.26. The molecule has 80 valence electrons. The Morgan fingerprint density at radius 1 is 1.43 bits per heavy atom. The minimum Gasteiger partial charge on any atom is -0.462 e. The molecule has 0 spiro atoms. The summed E-state index contributed by atoms with van der Waals surface area (Å²) in [6.45, 7) is 3.74. The predicted molar refractivity (Wildman–Crippen MR) is 48.4 cm³/mol. The van der Waals surface area contributed by atoms with Gasteiger partial charge < -0.3 is 14.6 Å². The van der Waals surface area contributed by atoms with Gasteiger partial charge in [-0.25, -0.2) is 0 Å². The van der Waals surface area contributed by atoms with Crippen molar-refractivity contribution in [2.24, 2.45) is 5.92 Å². The van der Waals surface area contributed by atoms with Crippen LogP contribution in [0.25, 0.3) is 0 Å². The Kier molecular flexibility index (Phi) is 2.27. The third kappa shape index (κ3) is 1.53. The molecule has 0 aromatic rings. The molecule has 0 bridgehead atoms. The molecule has 1 N–H and O–H groups in total. The second-order valence-electron chi connectivity index (χ2n) is 4.35. The average Bonchev–Trinajstić information content (AvgIpc) is 2.57. The lowest BCUT2D eigenvalue weighted by atomic mass is 9.93. The highest BCUT2D eigenvalue weighted by atomic mass is 16.6. The van der Waals surface area contributed by atoms with Crippen molar-refractivity contribution in [3.63, 3.8) is 0 Å². The van der Waals surface area contributed by atoms with Crippen molar-refractivity contribution in [3.05, 3.63) is 0 Å². The fourth-order valence-corrected chi connectivity index (χ4v) is 2.26. The molecule has 4 unspecified atom stereocenters. The Bertz CT molecular complexity index is 253. The summed E-state index contributed by atoms with van der Waals surface area (Å²) in [6, 6.07) is 0. The topological polar surface area (TPSA) is 55.8 Å². The number of cyclic esters (lactones) is 1. The summed E-state index contributed by atoms with van der Waals surface area (Å²) >= 11 is 0. The zero-order valence-corrected chi connectivity index (χ0v) is 8.53. The number of esters is 1. The van der Waals surface area contributed by atoms with Crippen LogP contribution in [0.5, 0.6) is 0 Å². The van der Waals surface area contributed by atoms with Gasteiger partial charge in [-0.2, -0.15) is 0 Å². The van der Waals surface area contributed by atoms with Crippen molar-refractivity contribution < 1.29 is 19.4 Å². The van der Waals surface area contributed by atoms with Gasteiger partial charge in [0.1, 0.15) is 12.0 Å². The Morgan fingerprint density at radius 2 is 2.14 bits per heavy atom. The first kappa shape index (κ1) is 9.93. The molecule has 0 amide bonds. The lowest BCUT2D eigenvalue weighted by molar-refractivity contribution is -0.221. The van der Waals surface area contributed by atoms with Gasteiger partial charge in [-0.15, -0.1) is 0 Å². The van der Waals surface area contributed by atoms with Crippen LogP contribution in [0.4, 0.5) is 0 Å². The smallest absolute Gasteiger partial charge is 0.314 e. The quantitative estimate of drug-likeness (QED) is 0.637. The minimum atomic E-state index is -1.28. The maximum absolute atomic E-state index is 11.4. The summed E-state index contributed by atoms with van der Waals surface area (Å²) in [6.07, 6.45) is 1.82. The summed E-state index contributed by atoms with van der Waals surface area (Å²) in [5.41, 5.74) is 0. The lowest BCUT2D eigenvalue weighted by Crippen LogP contribution is -2.40. The van der Waals surface area contributed by atoms with Crippen LogP contribution in [0.1, 0.15) is 33.1 Å². The van der Waals surface area contributed by atoms with Gasteiger partial charge >= 0.3 is 5.97 Å². The van der Waals surface area contributed by atoms with Gasteiger partial charge in [0, 0.05) is 12.8 Å². The first-order chi connectivity index (χ1) is 6.51. The van der Waals surface area contributed by atoms with Crippen LogP contribution < -0.4 is 0 Å². The van der Waals surface area contributed by atoms with Crippen LogP contribution in [0.2, 0.25) is 0 Å². The van der Waals surface area contributed by atoms with Gasteiger partial charge in [-0.1, -0.05) is 0 Å². The predicted octanol–water partition coefficient (Wildman–Crippen LogP) is 0.825. The van der Waals surface area contributed by atoms with E-state index in [4.69, 9.17) is 9.47 Å². The van der Waals surface area contributed by atoms with E-state index in [0.29, 0.717) is 12.8 Å². The van der Waals surface area contributed by atoms with E-state index in [1.807, 2.05) is 13.8 Å². The molecule has 2 saturated heterocycles. The number of hydrogen-bond acceptors (Lipinski definition) is 4. The zero-order chi connectivity index (χ0) is 10.3. The summed E-state index contributed by atoms with van der Waals surface area (Å²) in [7, 11) is 0. The van der Waals surface area contributed by atoms with Gasteiger partial charge in [-0.3, -0.25) is 4.79 Å². The largest absolute Gasteiger partial charge is 0.462 e. The van der Waals surface area contributed by atoms with E-state index in [1.54, 1.807) is 0 Å². The third-order valence-corrected chi connectivity index (χ3v) is 3.03. The van der Waals surface area contributed by atoms with Crippen LogP contribution >= 0.6 is 0 Å². The minimum absolute atomic E-state index is 0.0312. The number of aliphatic hydroxyl groups is 1. The summed E-state index contributed by atoms with van der Waals surface area (Å²) in [5, 5.41) is 10.1. The second kappa shape index (κ2) is 3.21. The molecule has 0 aliphatic carbocycles. The molecule has 4 nitrogen and oxygen atoms in total. The van der Waals surface area contributed by atoms with Gasteiger partial charge in [0.25, 0.3) is 0 Å². The van der Waals surface area contributed by atoms with E-state index < -0.39 is 11.7 Å². The van der Waals surface area contributed by atoms with Gasteiger partial charge in [-0.05, 0) is 20.3 Å². The van der Waals surface area contributed by atoms with Crippen molar-refractivity contribution in [1.82, 2.24) is 0 Å². The number of carbonyl (C=O) groups excluding carboxylic acids is 1. The Hall–Kier alpha value is -0.610. The van der Waals surface area contributed by atoms with E-state index in [-0.39, 0.29) is 18.2 Å². The maximum Gasteiger partial charge on any atom is 0.314 e. The summed E-state index contributed by atoms with van der Waals surface area (Å²) in [5.74, 6) is -2.10. The van der Waals surface area contributed by atoms with Crippen molar-refractivity contribution in [1.29, 1.82) is 0 Å². The highest BCUT2D eigenvalue weighted by molar-refractivity contribution is 5.75. The highest BCUT2D eigenvalue weighted by Gasteiger charge is 2.51. The second-order valence-corrected chi connectivity index (χ2v) is 4.35. The molecule has 2 fully saturated rings. The standard InChI is InChI=1S/C10H16O4/c1-6-3-4-10(12,14-6)8-5-7(2)13-9(8)11/h6-8,12H,3-5H2,1-2H3. The Morgan fingerprint density at radius 3 is 2.57 bits per heavy atom. The van der Waals surface area contributed by atoms with E-state index >= 15 is 0 Å². The van der Waals surface area contributed by atoms with Gasteiger partial charge in [0.05, 0.1) is 6.10 Å². The maximum atomic E-state index is 11.4. The fourth-order valence-electron chi connectivity index (χ4n) is 2.26. The normalized spacial score (nSPS) is 48.2. The third-order valence-electron chi connectivity index (χ3n) is 3.03. The van der Waals surface area contributed by atoms with Crippen LogP contribution in [0.3, 0.4) is 0 Å². The first-order valence-corrected chi connectivity index (χ1v) is 5.12. The average molecular weight is 200 g/mol. The van der Waals surface area contributed by atoms with Crippen molar-refractivity contribution >= 4 is 5.97 Å². The number of rotatable bonds is 1. The molecule has 2 heterocycles. The molecular weight excluding hydrogens is 184 g/mol. The van der Waals surface area contributed by atoms with Crippen molar-refractivity contribution in [2.75, 3.05) is 0 Å². The molecule has 0 aromatic carbocycles. The SMILES string of the molecule is CC1CC(C2(O)CCC(C)O2)C(=O)O1. The number of ether oxygens (including phenoxy) is 2. The van der Waals surface area contributed by atoms with Crippen molar-refractivity contribution in [3.8, 4) is 0 Å². The van der Waals surface area contributed by atoms with E-state index in [1.165, 1.54) is 0 Å². The van der Waals surface area contributed by atoms with E-state index in [2.05, 4.69) is 0 Å². The summed E-state index contributed by atoms with van der Waals surface area (Å²) < 4.78 is 10.4. The molecule has 2 aliphatic rings. The fraction of sp³-hybridized carbons (Fsp3) is 0.900. The van der Waals surface area contributed by atoms with Crippen molar-refractivity contribution in [2.45, 2.75) is 51.1 Å². The van der Waals surface area contributed by atoms with E-state index in [0.717, 1.165) is 6.42 Å². The van der Waals surface area contributed by atoms with Gasteiger partial charge in [0.2, 0.25) is 0 Å². The molecule has 0 radical (unpaired) electrons. The van der Waals surface area contributed by atoms with Crippen LogP contribution in [0.15, 0.2) is 0 Å². The monoisotopic (exact) mass is 200 g/mol. The molecule has 2 rings (SSSR count). The van der Waals surface area contributed by atoms with Crippen LogP contribution in [-0.2, 0) is 14.3 Å².